The van der Waals surface area contributed by atoms with Crippen LogP contribution in [0.25, 0.3) is 0 Å². The first kappa shape index (κ1) is 19.9. The van der Waals surface area contributed by atoms with Gasteiger partial charge in [-0.3, -0.25) is 0 Å². The minimum absolute atomic E-state index is 0.00467. The summed E-state index contributed by atoms with van der Waals surface area (Å²) in [5.41, 5.74) is 2.37. The Morgan fingerprint density at radius 1 is 0.923 bits per heavy atom. The lowest BCUT2D eigenvalue weighted by Gasteiger charge is -2.20. The van der Waals surface area contributed by atoms with Crippen molar-refractivity contribution in [2.75, 3.05) is 27.4 Å². The highest BCUT2D eigenvalue weighted by atomic mass is 16.5. The van der Waals surface area contributed by atoms with Crippen molar-refractivity contribution in [1.29, 1.82) is 0 Å². The second-order valence-electron chi connectivity index (χ2n) is 6.15. The van der Waals surface area contributed by atoms with Crippen molar-refractivity contribution in [2.45, 2.75) is 25.2 Å². The molecule has 0 bridgehead atoms. The second-order valence-corrected chi connectivity index (χ2v) is 6.15. The van der Waals surface area contributed by atoms with Crippen molar-refractivity contribution in [3.8, 4) is 23.0 Å². The monoisotopic (exact) mass is 362 g/mol. The van der Waals surface area contributed by atoms with Gasteiger partial charge in [-0.15, -0.1) is 0 Å². The first-order valence-electron chi connectivity index (χ1n) is 8.51. The van der Waals surface area contributed by atoms with Crippen molar-refractivity contribution < 1.29 is 29.9 Å². The third-order valence-electron chi connectivity index (χ3n) is 4.39. The highest BCUT2D eigenvalue weighted by Gasteiger charge is 2.20. The highest BCUT2D eigenvalue weighted by Crippen LogP contribution is 2.38. The van der Waals surface area contributed by atoms with E-state index in [2.05, 4.69) is 0 Å². The number of hydrogen-bond acceptors (Lipinski definition) is 6. The molecule has 6 heteroatoms. The van der Waals surface area contributed by atoms with Crippen LogP contribution >= 0.6 is 0 Å². The molecule has 0 amide bonds. The molecule has 0 aliphatic rings. The van der Waals surface area contributed by atoms with E-state index in [9.17, 15) is 15.3 Å². The summed E-state index contributed by atoms with van der Waals surface area (Å²) in [5.74, 6) is 0.402. The van der Waals surface area contributed by atoms with Crippen LogP contribution in [0.1, 0.15) is 29.0 Å². The lowest BCUT2D eigenvalue weighted by atomic mass is 9.89. The van der Waals surface area contributed by atoms with Crippen LogP contribution < -0.4 is 9.47 Å². The number of phenolic OH excluding ortho intramolecular Hbond substituents is 2. The molecule has 0 aromatic heterocycles. The van der Waals surface area contributed by atoms with Gasteiger partial charge < -0.3 is 29.9 Å². The van der Waals surface area contributed by atoms with Gasteiger partial charge in [-0.25, -0.2) is 0 Å². The zero-order valence-corrected chi connectivity index (χ0v) is 15.1. The van der Waals surface area contributed by atoms with Crippen molar-refractivity contribution >= 4 is 0 Å². The van der Waals surface area contributed by atoms with Gasteiger partial charge in [-0.2, -0.15) is 0 Å². The van der Waals surface area contributed by atoms with E-state index < -0.39 is 0 Å². The highest BCUT2D eigenvalue weighted by molar-refractivity contribution is 5.51. The van der Waals surface area contributed by atoms with Crippen LogP contribution in [0.5, 0.6) is 23.0 Å². The maximum atomic E-state index is 10.5. The van der Waals surface area contributed by atoms with Gasteiger partial charge in [0.15, 0.2) is 23.0 Å². The van der Waals surface area contributed by atoms with Crippen LogP contribution in [-0.2, 0) is 12.8 Å². The first-order valence-corrected chi connectivity index (χ1v) is 8.51. The fourth-order valence-electron chi connectivity index (χ4n) is 2.99. The maximum absolute atomic E-state index is 10.5. The van der Waals surface area contributed by atoms with Crippen LogP contribution in [-0.4, -0.2) is 47.9 Å². The summed E-state index contributed by atoms with van der Waals surface area (Å²) in [7, 11) is 2.96. The van der Waals surface area contributed by atoms with E-state index in [0.29, 0.717) is 36.3 Å². The Balaban J connectivity index is 2.36. The molecule has 0 saturated carbocycles. The molecule has 2 aromatic rings. The first-order chi connectivity index (χ1) is 12.5. The standard InChI is InChI=1S/C20H26O6/c1-25-18-10-14(5-6-17(18)23)8-15(12-22)16-9-13(4-3-7-21)11-19(26-2)20(16)24/h5-6,9-11,15,21-24H,3-4,7-8,12H2,1-2H3/t15-/m0/s1. The summed E-state index contributed by atoms with van der Waals surface area (Å²) < 4.78 is 10.4. The van der Waals surface area contributed by atoms with Gasteiger partial charge in [0.05, 0.1) is 20.8 Å². The van der Waals surface area contributed by atoms with Crippen molar-refractivity contribution in [2.24, 2.45) is 0 Å². The number of aryl methyl sites for hydroxylation is 1. The quantitative estimate of drug-likeness (QED) is 0.547. The molecule has 0 heterocycles. The molecule has 4 N–H and O–H groups in total. The number of benzene rings is 2. The summed E-state index contributed by atoms with van der Waals surface area (Å²) in [6.45, 7) is -0.0847. The Kier molecular flexibility index (Phi) is 7.12. The largest absolute Gasteiger partial charge is 0.504 e. The molecule has 0 aliphatic carbocycles. The molecule has 2 rings (SSSR count). The molecule has 0 saturated heterocycles. The number of aliphatic hydroxyl groups excluding tert-OH is 2. The van der Waals surface area contributed by atoms with Crippen LogP contribution in [0.15, 0.2) is 30.3 Å². The number of phenols is 2. The molecule has 142 valence electrons. The molecule has 26 heavy (non-hydrogen) atoms. The molecule has 1 atom stereocenters. The Hall–Kier alpha value is -2.44. The smallest absolute Gasteiger partial charge is 0.161 e. The topological polar surface area (TPSA) is 99.4 Å². The van der Waals surface area contributed by atoms with Gasteiger partial charge >= 0.3 is 0 Å². The minimum Gasteiger partial charge on any atom is -0.504 e. The number of rotatable bonds is 9. The molecule has 0 radical (unpaired) electrons. The van der Waals surface area contributed by atoms with Crippen LogP contribution in [0, 0.1) is 0 Å². The predicted octanol–water partition coefficient (Wildman–Crippen LogP) is 2.36. The summed E-state index contributed by atoms with van der Waals surface area (Å²) in [4.78, 5) is 0. The Morgan fingerprint density at radius 2 is 1.62 bits per heavy atom. The molecule has 0 unspecified atom stereocenters. The van der Waals surface area contributed by atoms with Crippen LogP contribution in [0.4, 0.5) is 0 Å². The van der Waals surface area contributed by atoms with Crippen LogP contribution in [0.3, 0.4) is 0 Å². The second kappa shape index (κ2) is 9.31. The summed E-state index contributed by atoms with van der Waals surface area (Å²) in [5, 5.41) is 39.2. The van der Waals surface area contributed by atoms with Gasteiger partial charge in [0, 0.05) is 18.1 Å². The Morgan fingerprint density at radius 3 is 2.23 bits per heavy atom. The predicted molar refractivity (Wildman–Crippen MR) is 98.3 cm³/mol. The fourth-order valence-corrected chi connectivity index (χ4v) is 2.99. The maximum Gasteiger partial charge on any atom is 0.161 e. The SMILES string of the molecule is COc1cc(C[C@@H](CO)c2cc(CCCO)cc(OC)c2O)ccc1O. The zero-order valence-electron chi connectivity index (χ0n) is 15.1. The minimum atomic E-state index is -0.354. The number of aromatic hydroxyl groups is 2. The van der Waals surface area contributed by atoms with E-state index in [0.717, 1.165) is 11.1 Å². The lowest BCUT2D eigenvalue weighted by molar-refractivity contribution is 0.260. The van der Waals surface area contributed by atoms with Gasteiger partial charge in [-0.05, 0) is 48.6 Å². The normalized spacial score (nSPS) is 12.0. The van der Waals surface area contributed by atoms with Gasteiger partial charge in [0.25, 0.3) is 0 Å². The molecular weight excluding hydrogens is 336 g/mol. The van der Waals surface area contributed by atoms with Crippen molar-refractivity contribution in [3.63, 3.8) is 0 Å². The third kappa shape index (κ3) is 4.59. The van der Waals surface area contributed by atoms with E-state index in [1.807, 2.05) is 6.07 Å². The molecule has 0 aliphatic heterocycles. The fraction of sp³-hybridized carbons (Fsp3) is 0.400. The number of aliphatic hydroxyl groups is 2. The zero-order chi connectivity index (χ0) is 19.1. The van der Waals surface area contributed by atoms with Gasteiger partial charge in [0.1, 0.15) is 0 Å². The van der Waals surface area contributed by atoms with Crippen molar-refractivity contribution in [1.82, 2.24) is 0 Å². The van der Waals surface area contributed by atoms with Crippen molar-refractivity contribution in [3.05, 3.63) is 47.0 Å². The summed E-state index contributed by atoms with van der Waals surface area (Å²) >= 11 is 0. The molecule has 0 fully saturated rings. The van der Waals surface area contributed by atoms with Crippen LogP contribution in [0.2, 0.25) is 0 Å². The Labute approximate surface area is 153 Å². The molecular formula is C20H26O6. The molecule has 6 nitrogen and oxygen atoms in total. The van der Waals surface area contributed by atoms with Gasteiger partial charge in [0.2, 0.25) is 0 Å². The third-order valence-corrected chi connectivity index (χ3v) is 4.39. The number of hydrogen-bond donors (Lipinski definition) is 4. The average Bonchev–Trinajstić information content (AvgIpc) is 2.66. The van der Waals surface area contributed by atoms with E-state index >= 15 is 0 Å². The Bertz CT molecular complexity index is 728. The van der Waals surface area contributed by atoms with E-state index in [1.165, 1.54) is 14.2 Å². The summed E-state index contributed by atoms with van der Waals surface area (Å²) in [6, 6.07) is 8.59. The van der Waals surface area contributed by atoms with Gasteiger partial charge in [-0.1, -0.05) is 12.1 Å². The summed E-state index contributed by atoms with van der Waals surface area (Å²) in [6.07, 6.45) is 1.70. The van der Waals surface area contributed by atoms with E-state index in [4.69, 9.17) is 14.6 Å². The molecule has 0 spiro atoms. The van der Waals surface area contributed by atoms with E-state index in [-0.39, 0.29) is 30.6 Å². The number of ether oxygens (including phenoxy) is 2. The number of methoxy groups -OCH3 is 2. The lowest BCUT2D eigenvalue weighted by Crippen LogP contribution is -2.09. The molecule has 2 aromatic carbocycles. The average molecular weight is 362 g/mol. The van der Waals surface area contributed by atoms with E-state index in [1.54, 1.807) is 24.3 Å².